The Balaban J connectivity index is 1.35. The zero-order valence-electron chi connectivity index (χ0n) is 13.7. The van der Waals surface area contributed by atoms with Crippen LogP contribution < -0.4 is 10.1 Å². The van der Waals surface area contributed by atoms with E-state index in [-0.39, 0.29) is 0 Å². The Hall–Kier alpha value is -1.70. The van der Waals surface area contributed by atoms with Gasteiger partial charge in [0.15, 0.2) is 0 Å². The highest BCUT2D eigenvalue weighted by molar-refractivity contribution is 9.10. The first-order valence-electron chi connectivity index (χ1n) is 8.40. The van der Waals surface area contributed by atoms with Gasteiger partial charge in [-0.15, -0.1) is 11.3 Å². The number of rotatable bonds is 6. The highest BCUT2D eigenvalue weighted by Gasteiger charge is 2.10. The Kier molecular flexibility index (Phi) is 5.14. The molecule has 1 aliphatic heterocycles. The van der Waals surface area contributed by atoms with Crippen LogP contribution in [-0.4, -0.2) is 41.1 Å². The minimum Gasteiger partial charge on any atom is -0.492 e. The number of benzene rings is 1. The van der Waals surface area contributed by atoms with Gasteiger partial charge < -0.3 is 10.1 Å². The predicted molar refractivity (Wildman–Crippen MR) is 106 cm³/mol. The van der Waals surface area contributed by atoms with Crippen LogP contribution in [0.25, 0.3) is 10.2 Å². The Morgan fingerprint density at radius 1 is 1.20 bits per heavy atom. The number of hydrogen-bond acceptors (Lipinski definition) is 6. The van der Waals surface area contributed by atoms with Crippen LogP contribution in [-0.2, 0) is 0 Å². The second-order valence-electron chi connectivity index (χ2n) is 6.04. The topological polar surface area (TPSA) is 50.3 Å². The Morgan fingerprint density at radius 2 is 2.00 bits per heavy atom. The van der Waals surface area contributed by atoms with E-state index < -0.39 is 0 Å². The number of halogens is 1. The molecule has 130 valence electrons. The van der Waals surface area contributed by atoms with E-state index >= 15 is 0 Å². The minimum absolute atomic E-state index is 0.592. The maximum absolute atomic E-state index is 5.83. The van der Waals surface area contributed by atoms with Gasteiger partial charge in [-0.05, 0) is 66.1 Å². The van der Waals surface area contributed by atoms with Crippen LogP contribution in [0.1, 0.15) is 12.8 Å². The highest BCUT2D eigenvalue weighted by Crippen LogP contribution is 2.29. The Bertz CT molecular complexity index is 846. The van der Waals surface area contributed by atoms with Gasteiger partial charge in [0.1, 0.15) is 17.9 Å². The first kappa shape index (κ1) is 16.8. The molecule has 5 nitrogen and oxygen atoms in total. The molecule has 1 N–H and O–H groups in total. The quantitative estimate of drug-likeness (QED) is 0.629. The monoisotopic (exact) mass is 418 g/mol. The van der Waals surface area contributed by atoms with E-state index in [4.69, 9.17) is 4.74 Å². The number of ether oxygens (including phenoxy) is 1. The molecule has 2 aromatic heterocycles. The molecule has 0 bridgehead atoms. The summed E-state index contributed by atoms with van der Waals surface area (Å²) in [5, 5.41) is 5.26. The standard InChI is InChI=1S/C18H19BrN4OS/c19-15-12-25-16-11-20-18(22-17(15)16)21-13-3-5-14(6-4-13)24-10-9-23-7-1-2-8-23/h3-6,11-12H,1-2,7-10H2,(H,20,21,22). The van der Waals surface area contributed by atoms with Crippen LogP contribution in [0.2, 0.25) is 0 Å². The van der Waals surface area contributed by atoms with Crippen LogP contribution in [0.3, 0.4) is 0 Å². The number of fused-ring (bicyclic) bond motifs is 1. The molecular weight excluding hydrogens is 400 g/mol. The molecule has 1 aliphatic rings. The maximum atomic E-state index is 5.83. The lowest BCUT2D eigenvalue weighted by Crippen LogP contribution is -2.25. The van der Waals surface area contributed by atoms with Crippen molar-refractivity contribution in [1.82, 2.24) is 14.9 Å². The van der Waals surface area contributed by atoms with Crippen LogP contribution in [0.4, 0.5) is 11.6 Å². The summed E-state index contributed by atoms with van der Waals surface area (Å²) in [6, 6.07) is 7.93. The summed E-state index contributed by atoms with van der Waals surface area (Å²) in [6.45, 7) is 4.15. The lowest BCUT2D eigenvalue weighted by Gasteiger charge is -2.15. The second kappa shape index (κ2) is 7.68. The molecule has 4 rings (SSSR count). The van der Waals surface area contributed by atoms with Gasteiger partial charge in [0.2, 0.25) is 5.95 Å². The van der Waals surface area contributed by atoms with Gasteiger partial charge in [-0.3, -0.25) is 4.90 Å². The summed E-state index contributed by atoms with van der Waals surface area (Å²) in [5.74, 6) is 1.48. The largest absolute Gasteiger partial charge is 0.492 e. The molecule has 3 aromatic rings. The van der Waals surface area contributed by atoms with Crippen molar-refractivity contribution in [1.29, 1.82) is 0 Å². The summed E-state index contributed by atoms with van der Waals surface area (Å²) < 4.78 is 7.90. The first-order chi connectivity index (χ1) is 12.3. The van der Waals surface area contributed by atoms with Crippen LogP contribution in [0.15, 0.2) is 40.3 Å². The molecule has 1 fully saturated rings. The normalized spacial score (nSPS) is 14.9. The minimum atomic E-state index is 0.592. The molecule has 3 heterocycles. The average Bonchev–Trinajstić information content (AvgIpc) is 3.27. The molecule has 0 spiro atoms. The molecule has 1 saturated heterocycles. The number of nitrogens with one attached hydrogen (secondary N) is 1. The van der Waals surface area contributed by atoms with E-state index in [1.807, 2.05) is 35.8 Å². The number of nitrogens with zero attached hydrogens (tertiary/aromatic N) is 3. The van der Waals surface area contributed by atoms with Gasteiger partial charge in [-0.25, -0.2) is 9.97 Å². The number of thiophene rings is 1. The molecule has 0 aliphatic carbocycles. The van der Waals surface area contributed by atoms with Crippen LogP contribution in [0.5, 0.6) is 5.75 Å². The summed E-state index contributed by atoms with van der Waals surface area (Å²) >= 11 is 5.14. The summed E-state index contributed by atoms with van der Waals surface area (Å²) in [7, 11) is 0. The second-order valence-corrected chi connectivity index (χ2v) is 7.80. The van der Waals surface area contributed by atoms with Crippen molar-refractivity contribution >= 4 is 49.1 Å². The van der Waals surface area contributed by atoms with E-state index in [0.29, 0.717) is 5.95 Å². The average molecular weight is 419 g/mol. The molecule has 25 heavy (non-hydrogen) atoms. The zero-order valence-corrected chi connectivity index (χ0v) is 16.1. The van der Waals surface area contributed by atoms with Crippen molar-refractivity contribution in [2.45, 2.75) is 12.8 Å². The summed E-state index contributed by atoms with van der Waals surface area (Å²) in [6.07, 6.45) is 4.47. The smallest absolute Gasteiger partial charge is 0.227 e. The van der Waals surface area contributed by atoms with Crippen LogP contribution in [0, 0.1) is 0 Å². The van der Waals surface area contributed by atoms with Crippen molar-refractivity contribution in [2.75, 3.05) is 31.6 Å². The van der Waals surface area contributed by atoms with Crippen molar-refractivity contribution in [2.24, 2.45) is 0 Å². The van der Waals surface area contributed by atoms with E-state index in [1.54, 1.807) is 11.3 Å². The molecule has 7 heteroatoms. The molecule has 0 amide bonds. The van der Waals surface area contributed by atoms with Gasteiger partial charge in [0.05, 0.1) is 15.4 Å². The van der Waals surface area contributed by atoms with Gasteiger partial charge >= 0.3 is 0 Å². The lowest BCUT2D eigenvalue weighted by molar-refractivity contribution is 0.238. The lowest BCUT2D eigenvalue weighted by atomic mass is 10.3. The molecule has 0 saturated carbocycles. The fourth-order valence-corrected chi connectivity index (χ4v) is 4.36. The first-order valence-corrected chi connectivity index (χ1v) is 10.1. The molecule has 0 unspecified atom stereocenters. The van der Waals surface area contributed by atoms with E-state index in [0.717, 1.165) is 39.3 Å². The molecular formula is C18H19BrN4OS. The summed E-state index contributed by atoms with van der Waals surface area (Å²) in [4.78, 5) is 11.4. The number of likely N-dealkylation sites (tertiary alicyclic amines) is 1. The van der Waals surface area contributed by atoms with Crippen molar-refractivity contribution < 1.29 is 4.74 Å². The Morgan fingerprint density at radius 3 is 2.80 bits per heavy atom. The molecule has 0 atom stereocenters. The Labute approximate surface area is 159 Å². The summed E-state index contributed by atoms with van der Waals surface area (Å²) in [5.41, 5.74) is 1.88. The van der Waals surface area contributed by atoms with E-state index in [9.17, 15) is 0 Å². The van der Waals surface area contributed by atoms with Crippen molar-refractivity contribution in [3.63, 3.8) is 0 Å². The third kappa shape index (κ3) is 4.11. The van der Waals surface area contributed by atoms with Gasteiger partial charge in [-0.2, -0.15) is 0 Å². The fourth-order valence-electron chi connectivity index (χ4n) is 2.92. The van der Waals surface area contributed by atoms with E-state index in [1.165, 1.54) is 25.9 Å². The van der Waals surface area contributed by atoms with Gasteiger partial charge in [0, 0.05) is 17.6 Å². The predicted octanol–water partition coefficient (Wildman–Crippen LogP) is 4.67. The highest BCUT2D eigenvalue weighted by atomic mass is 79.9. The van der Waals surface area contributed by atoms with Crippen molar-refractivity contribution in [3.05, 3.63) is 40.3 Å². The number of aromatic nitrogens is 2. The van der Waals surface area contributed by atoms with Crippen LogP contribution >= 0.6 is 27.3 Å². The maximum Gasteiger partial charge on any atom is 0.227 e. The van der Waals surface area contributed by atoms with E-state index in [2.05, 4.69) is 36.1 Å². The fraction of sp³-hybridized carbons (Fsp3) is 0.333. The zero-order chi connectivity index (χ0) is 17.1. The third-order valence-corrected chi connectivity index (χ3v) is 6.07. The van der Waals surface area contributed by atoms with Crippen molar-refractivity contribution in [3.8, 4) is 5.75 Å². The molecule has 0 radical (unpaired) electrons. The number of hydrogen-bond donors (Lipinski definition) is 1. The number of anilines is 2. The molecule has 1 aromatic carbocycles. The third-order valence-electron chi connectivity index (χ3n) is 4.26. The van der Waals surface area contributed by atoms with Gasteiger partial charge in [0.25, 0.3) is 0 Å². The SMILES string of the molecule is Brc1csc2cnc(Nc3ccc(OCCN4CCCC4)cc3)nc12. The van der Waals surface area contributed by atoms with Gasteiger partial charge in [-0.1, -0.05) is 0 Å².